The Balaban J connectivity index is 1.96. The van der Waals surface area contributed by atoms with Gasteiger partial charge in [-0.25, -0.2) is 0 Å². The average molecular weight is 275 g/mol. The van der Waals surface area contributed by atoms with E-state index >= 15 is 0 Å². The maximum absolute atomic E-state index is 6.28. The normalized spacial score (nSPS) is 23.0. The highest BCUT2D eigenvalue weighted by atomic mass is 16.5. The number of rotatable bonds is 6. The fraction of sp³-hybridized carbons (Fsp3) is 0.667. The summed E-state index contributed by atoms with van der Waals surface area (Å²) in [7, 11) is 0. The van der Waals surface area contributed by atoms with E-state index in [0.29, 0.717) is 12.1 Å². The van der Waals surface area contributed by atoms with Crippen LogP contribution in [0.25, 0.3) is 0 Å². The highest BCUT2D eigenvalue weighted by Crippen LogP contribution is 2.30. The van der Waals surface area contributed by atoms with Gasteiger partial charge in [0.2, 0.25) is 0 Å². The van der Waals surface area contributed by atoms with Gasteiger partial charge in [-0.2, -0.15) is 0 Å². The van der Waals surface area contributed by atoms with Crippen LogP contribution in [0.1, 0.15) is 58.4 Å². The zero-order valence-electron chi connectivity index (χ0n) is 13.2. The molecule has 1 aliphatic rings. The Morgan fingerprint density at radius 1 is 1.25 bits per heavy atom. The second-order valence-electron chi connectivity index (χ2n) is 6.29. The van der Waals surface area contributed by atoms with E-state index in [2.05, 4.69) is 50.4 Å². The molecular weight excluding hydrogens is 246 g/mol. The van der Waals surface area contributed by atoms with E-state index in [1.54, 1.807) is 0 Å². The van der Waals surface area contributed by atoms with Crippen molar-refractivity contribution in [3.05, 3.63) is 29.8 Å². The fourth-order valence-electron chi connectivity index (χ4n) is 3.02. The standard InChI is InChI=1S/C18H29NO/c1-4-16-9-5-6-11-18(16)20-17-10-7-8-15(12-17)13-19-14(2)3/h7-8,10,12,14,16,18-19H,4-6,9,11,13H2,1-3H3. The van der Waals surface area contributed by atoms with Crippen molar-refractivity contribution in [1.82, 2.24) is 5.32 Å². The summed E-state index contributed by atoms with van der Waals surface area (Å²) in [6.45, 7) is 7.55. The summed E-state index contributed by atoms with van der Waals surface area (Å²) in [5, 5.41) is 3.46. The Bertz CT molecular complexity index is 402. The summed E-state index contributed by atoms with van der Waals surface area (Å²) >= 11 is 0. The minimum atomic E-state index is 0.419. The molecular formula is C18H29NO. The van der Waals surface area contributed by atoms with Crippen LogP contribution in [0.3, 0.4) is 0 Å². The predicted molar refractivity (Wildman–Crippen MR) is 85.1 cm³/mol. The van der Waals surface area contributed by atoms with Gasteiger partial charge >= 0.3 is 0 Å². The van der Waals surface area contributed by atoms with Crippen molar-refractivity contribution in [1.29, 1.82) is 0 Å². The van der Waals surface area contributed by atoms with Gasteiger partial charge in [0.15, 0.2) is 0 Å². The summed E-state index contributed by atoms with van der Waals surface area (Å²) in [4.78, 5) is 0. The van der Waals surface area contributed by atoms with Gasteiger partial charge < -0.3 is 10.1 Å². The van der Waals surface area contributed by atoms with E-state index in [-0.39, 0.29) is 0 Å². The van der Waals surface area contributed by atoms with Crippen molar-refractivity contribution in [3.8, 4) is 5.75 Å². The lowest BCUT2D eigenvalue weighted by molar-refractivity contribution is 0.0903. The molecule has 1 fully saturated rings. The number of hydrogen-bond acceptors (Lipinski definition) is 2. The van der Waals surface area contributed by atoms with Crippen LogP contribution < -0.4 is 10.1 Å². The van der Waals surface area contributed by atoms with Gasteiger partial charge in [-0.1, -0.05) is 39.3 Å². The first-order chi connectivity index (χ1) is 9.69. The Morgan fingerprint density at radius 2 is 2.05 bits per heavy atom. The van der Waals surface area contributed by atoms with Crippen LogP contribution in [0.4, 0.5) is 0 Å². The lowest BCUT2D eigenvalue weighted by Gasteiger charge is -2.31. The molecule has 2 atom stereocenters. The molecule has 2 heteroatoms. The first kappa shape index (κ1) is 15.4. The van der Waals surface area contributed by atoms with E-state index in [0.717, 1.165) is 18.2 Å². The molecule has 0 radical (unpaired) electrons. The summed E-state index contributed by atoms with van der Waals surface area (Å²) in [6, 6.07) is 9.08. The fourth-order valence-corrected chi connectivity index (χ4v) is 3.02. The van der Waals surface area contributed by atoms with Crippen LogP contribution in [0.15, 0.2) is 24.3 Å². The van der Waals surface area contributed by atoms with E-state index < -0.39 is 0 Å². The highest BCUT2D eigenvalue weighted by molar-refractivity contribution is 5.28. The molecule has 1 aromatic carbocycles. The molecule has 2 rings (SSSR count). The van der Waals surface area contributed by atoms with Crippen LogP contribution in [-0.4, -0.2) is 12.1 Å². The van der Waals surface area contributed by atoms with Crippen molar-refractivity contribution in [2.24, 2.45) is 5.92 Å². The van der Waals surface area contributed by atoms with Crippen molar-refractivity contribution >= 4 is 0 Å². The molecule has 112 valence electrons. The highest BCUT2D eigenvalue weighted by Gasteiger charge is 2.25. The monoisotopic (exact) mass is 275 g/mol. The first-order valence-corrected chi connectivity index (χ1v) is 8.18. The van der Waals surface area contributed by atoms with Crippen molar-refractivity contribution in [2.45, 2.75) is 71.6 Å². The van der Waals surface area contributed by atoms with Gasteiger partial charge in [0.1, 0.15) is 11.9 Å². The lowest BCUT2D eigenvalue weighted by Crippen LogP contribution is -2.30. The molecule has 1 saturated carbocycles. The molecule has 20 heavy (non-hydrogen) atoms. The Kier molecular flexibility index (Phi) is 5.90. The molecule has 1 aromatic rings. The lowest BCUT2D eigenvalue weighted by atomic mass is 9.85. The number of ether oxygens (including phenoxy) is 1. The smallest absolute Gasteiger partial charge is 0.120 e. The second kappa shape index (κ2) is 7.68. The van der Waals surface area contributed by atoms with Crippen LogP contribution in [-0.2, 0) is 6.54 Å². The van der Waals surface area contributed by atoms with Crippen LogP contribution in [0.5, 0.6) is 5.75 Å². The molecule has 2 nitrogen and oxygen atoms in total. The maximum atomic E-state index is 6.28. The minimum absolute atomic E-state index is 0.419. The Morgan fingerprint density at radius 3 is 2.80 bits per heavy atom. The summed E-state index contributed by atoms with van der Waals surface area (Å²) in [5.41, 5.74) is 1.31. The summed E-state index contributed by atoms with van der Waals surface area (Å²) in [6.07, 6.45) is 6.89. The van der Waals surface area contributed by atoms with E-state index in [1.807, 2.05) is 0 Å². The average Bonchev–Trinajstić information content (AvgIpc) is 2.46. The van der Waals surface area contributed by atoms with E-state index in [9.17, 15) is 0 Å². The van der Waals surface area contributed by atoms with Crippen molar-refractivity contribution < 1.29 is 4.74 Å². The number of benzene rings is 1. The van der Waals surface area contributed by atoms with Gasteiger partial charge in [-0.3, -0.25) is 0 Å². The van der Waals surface area contributed by atoms with Gasteiger partial charge in [0.25, 0.3) is 0 Å². The molecule has 2 unspecified atom stereocenters. The SMILES string of the molecule is CCC1CCCCC1Oc1cccc(CNC(C)C)c1. The van der Waals surface area contributed by atoms with Crippen molar-refractivity contribution in [2.75, 3.05) is 0 Å². The Hall–Kier alpha value is -1.02. The molecule has 0 amide bonds. The van der Waals surface area contributed by atoms with Gasteiger partial charge in [-0.15, -0.1) is 0 Å². The van der Waals surface area contributed by atoms with Gasteiger partial charge in [0, 0.05) is 12.6 Å². The molecule has 1 aliphatic carbocycles. The minimum Gasteiger partial charge on any atom is -0.490 e. The third kappa shape index (κ3) is 4.52. The van der Waals surface area contributed by atoms with Gasteiger partial charge in [-0.05, 0) is 49.3 Å². The number of hydrogen-bond donors (Lipinski definition) is 1. The zero-order valence-corrected chi connectivity index (χ0v) is 13.2. The first-order valence-electron chi connectivity index (χ1n) is 8.18. The summed E-state index contributed by atoms with van der Waals surface area (Å²) in [5.74, 6) is 1.78. The van der Waals surface area contributed by atoms with Crippen LogP contribution in [0.2, 0.25) is 0 Å². The quantitative estimate of drug-likeness (QED) is 0.823. The predicted octanol–water partition coefficient (Wildman–Crippen LogP) is 4.53. The molecule has 0 bridgehead atoms. The van der Waals surface area contributed by atoms with Gasteiger partial charge in [0.05, 0.1) is 0 Å². The van der Waals surface area contributed by atoms with Crippen molar-refractivity contribution in [3.63, 3.8) is 0 Å². The largest absolute Gasteiger partial charge is 0.490 e. The van der Waals surface area contributed by atoms with E-state index in [4.69, 9.17) is 4.74 Å². The number of nitrogens with one attached hydrogen (secondary N) is 1. The second-order valence-corrected chi connectivity index (χ2v) is 6.29. The maximum Gasteiger partial charge on any atom is 0.120 e. The zero-order chi connectivity index (χ0) is 14.4. The topological polar surface area (TPSA) is 21.3 Å². The third-order valence-corrected chi connectivity index (χ3v) is 4.26. The van der Waals surface area contributed by atoms with Crippen LogP contribution in [0, 0.1) is 5.92 Å². The molecule has 0 aliphatic heterocycles. The Labute approximate surface area is 123 Å². The molecule has 1 N–H and O–H groups in total. The molecule has 0 spiro atoms. The summed E-state index contributed by atoms with van der Waals surface area (Å²) < 4.78 is 6.28. The molecule has 0 heterocycles. The van der Waals surface area contributed by atoms with Crippen LogP contribution >= 0.6 is 0 Å². The molecule has 0 aromatic heterocycles. The molecule has 0 saturated heterocycles. The van der Waals surface area contributed by atoms with E-state index in [1.165, 1.54) is 37.7 Å². The third-order valence-electron chi connectivity index (χ3n) is 4.26.